The zero-order valence-electron chi connectivity index (χ0n) is 17.2. The predicted molar refractivity (Wildman–Crippen MR) is 120 cm³/mol. The number of halogens is 1. The third kappa shape index (κ3) is 5.03. The van der Waals surface area contributed by atoms with Crippen LogP contribution in [0, 0.1) is 10.1 Å². The molecular weight excluding hydrogens is 426 g/mol. The Kier molecular flexibility index (Phi) is 7.17. The fraction of sp³-hybridized carbons (Fsp3) is 0.400. The Labute approximate surface area is 184 Å². The molecule has 0 bridgehead atoms. The van der Waals surface area contributed by atoms with E-state index in [1.807, 2.05) is 19.2 Å². The number of allylic oxidation sites excluding steroid dienone is 2. The lowest BCUT2D eigenvalue weighted by Crippen LogP contribution is -2.27. The highest BCUT2D eigenvalue weighted by molar-refractivity contribution is 8.04. The highest BCUT2D eigenvalue weighted by Gasteiger charge is 2.28. The minimum Gasteiger partial charge on any atom is -0.441 e. The predicted octanol–water partition coefficient (Wildman–Crippen LogP) is 4.10. The second kappa shape index (κ2) is 9.63. The van der Waals surface area contributed by atoms with Crippen molar-refractivity contribution in [3.63, 3.8) is 0 Å². The molecule has 0 fully saturated rings. The molecule has 0 saturated carbocycles. The van der Waals surface area contributed by atoms with E-state index >= 15 is 0 Å². The molecule has 2 aromatic heterocycles. The van der Waals surface area contributed by atoms with Gasteiger partial charge in [-0.1, -0.05) is 30.3 Å². The first kappa shape index (κ1) is 22.3. The van der Waals surface area contributed by atoms with Gasteiger partial charge < -0.3 is 19.8 Å². The molecule has 0 spiro atoms. The molecule has 0 N–H and O–H groups in total. The molecule has 4 heterocycles. The van der Waals surface area contributed by atoms with Crippen molar-refractivity contribution in [2.24, 2.45) is 0 Å². The second-order valence-electron chi connectivity index (χ2n) is 7.11. The molecule has 2 aliphatic heterocycles. The summed E-state index contributed by atoms with van der Waals surface area (Å²) < 4.78 is 7.57. The minimum atomic E-state index is -0.528. The number of thioether (sulfide) groups is 1. The first-order valence-electron chi connectivity index (χ1n) is 9.44. The molecule has 0 aliphatic carbocycles. The van der Waals surface area contributed by atoms with Gasteiger partial charge in [0, 0.05) is 35.8 Å². The minimum absolute atomic E-state index is 0.0632. The number of rotatable bonds is 4. The first-order chi connectivity index (χ1) is 14.3. The Morgan fingerprint density at radius 1 is 1.47 bits per heavy atom. The second-order valence-corrected chi connectivity index (χ2v) is 8.52. The number of nitro groups is 1. The number of hydrogen-bond donors (Lipinski definition) is 0. The van der Waals surface area contributed by atoms with Gasteiger partial charge in [-0.3, -0.25) is 9.55 Å². The SMILES string of the molecule is C=C/C(=C(/Cl)SC)c1ccc2c(n1)CCN(C)C2.CC1Cn2cc([N+](=O)[O-])nc2O1. The van der Waals surface area contributed by atoms with Gasteiger partial charge in [0.25, 0.3) is 0 Å². The van der Waals surface area contributed by atoms with E-state index in [0.29, 0.717) is 12.6 Å². The number of pyridine rings is 1. The molecule has 0 aromatic carbocycles. The van der Waals surface area contributed by atoms with Gasteiger partial charge in [-0.2, -0.15) is 0 Å². The fourth-order valence-corrected chi connectivity index (χ4v) is 3.88. The third-order valence-electron chi connectivity index (χ3n) is 4.78. The molecule has 2 aromatic rings. The number of aromatic nitrogens is 3. The summed E-state index contributed by atoms with van der Waals surface area (Å²) >= 11 is 7.71. The lowest BCUT2D eigenvalue weighted by atomic mass is 10.0. The quantitative estimate of drug-likeness (QED) is 0.394. The lowest BCUT2D eigenvalue weighted by Gasteiger charge is -2.24. The molecule has 1 unspecified atom stereocenters. The van der Waals surface area contributed by atoms with E-state index in [-0.39, 0.29) is 11.9 Å². The monoisotopic (exact) mass is 449 g/mol. The molecule has 0 amide bonds. The van der Waals surface area contributed by atoms with E-state index in [1.54, 1.807) is 10.6 Å². The molecule has 2 aliphatic rings. The Bertz CT molecular complexity index is 967. The van der Waals surface area contributed by atoms with E-state index in [9.17, 15) is 10.1 Å². The number of fused-ring (bicyclic) bond motifs is 2. The van der Waals surface area contributed by atoms with Crippen LogP contribution in [0.2, 0.25) is 0 Å². The van der Waals surface area contributed by atoms with E-state index in [2.05, 4.69) is 29.6 Å². The summed E-state index contributed by atoms with van der Waals surface area (Å²) in [5.41, 5.74) is 4.35. The first-order valence-corrected chi connectivity index (χ1v) is 11.0. The summed E-state index contributed by atoms with van der Waals surface area (Å²) in [4.78, 5) is 20.5. The summed E-state index contributed by atoms with van der Waals surface area (Å²) in [5.74, 6) is -0.156. The van der Waals surface area contributed by atoms with Crippen molar-refractivity contribution in [2.45, 2.75) is 32.5 Å². The van der Waals surface area contributed by atoms with E-state index in [1.165, 1.54) is 29.2 Å². The molecule has 10 heteroatoms. The van der Waals surface area contributed by atoms with Gasteiger partial charge in [0.05, 0.1) is 16.6 Å². The smallest absolute Gasteiger partial charge is 0.414 e. The molecule has 0 saturated heterocycles. The van der Waals surface area contributed by atoms with Crippen LogP contribution in [0.25, 0.3) is 5.57 Å². The maximum Gasteiger partial charge on any atom is 0.414 e. The molecule has 0 radical (unpaired) electrons. The van der Waals surface area contributed by atoms with Crippen LogP contribution in [0.15, 0.2) is 35.3 Å². The lowest BCUT2D eigenvalue weighted by molar-refractivity contribution is -0.389. The van der Waals surface area contributed by atoms with Crippen LogP contribution in [0.5, 0.6) is 6.01 Å². The normalized spacial score (nSPS) is 18.3. The molecule has 4 rings (SSSR count). The third-order valence-corrected chi connectivity index (χ3v) is 6.03. The summed E-state index contributed by atoms with van der Waals surface area (Å²) in [6.07, 6.45) is 6.19. The van der Waals surface area contributed by atoms with Crippen LogP contribution in [0.3, 0.4) is 0 Å². The number of likely N-dealkylation sites (N-methyl/N-ethyl adjacent to an activating group) is 1. The summed E-state index contributed by atoms with van der Waals surface area (Å²) in [7, 11) is 2.14. The highest BCUT2D eigenvalue weighted by Crippen LogP contribution is 2.29. The van der Waals surface area contributed by atoms with Crippen LogP contribution in [-0.2, 0) is 19.5 Å². The number of imidazole rings is 1. The van der Waals surface area contributed by atoms with E-state index in [0.717, 1.165) is 35.1 Å². The Morgan fingerprint density at radius 2 is 2.23 bits per heavy atom. The molecule has 160 valence electrons. The van der Waals surface area contributed by atoms with Crippen LogP contribution < -0.4 is 4.74 Å². The summed E-state index contributed by atoms with van der Waals surface area (Å²) in [6, 6.07) is 4.53. The van der Waals surface area contributed by atoms with Gasteiger partial charge in [-0.05, 0) is 36.8 Å². The highest BCUT2D eigenvalue weighted by atomic mass is 35.5. The van der Waals surface area contributed by atoms with E-state index < -0.39 is 4.92 Å². The zero-order chi connectivity index (χ0) is 21.8. The number of hydrogen-bond acceptors (Lipinski definition) is 7. The van der Waals surface area contributed by atoms with Crippen molar-refractivity contribution in [2.75, 3.05) is 19.8 Å². The van der Waals surface area contributed by atoms with Gasteiger partial charge in [-0.15, -0.1) is 11.8 Å². The fourth-order valence-electron chi connectivity index (χ4n) is 3.30. The van der Waals surface area contributed by atoms with Gasteiger partial charge in [-0.25, -0.2) is 0 Å². The van der Waals surface area contributed by atoms with Crippen molar-refractivity contribution >= 4 is 34.8 Å². The standard InChI is InChI=1S/C14H17ClN2S.C6H7N3O3/c1-4-11(14(15)18-3)13-6-5-10-9-17(2)8-7-12(10)16-13;1-4-2-8-3-5(9(10)11)7-6(8)12-4/h4-6H,1,7-9H2,2-3H3;3-4H,2H2,1H3/b14-11+;. The van der Waals surface area contributed by atoms with Crippen molar-refractivity contribution in [3.05, 3.63) is 62.4 Å². The molecule has 1 atom stereocenters. The van der Waals surface area contributed by atoms with Gasteiger partial charge in [0.1, 0.15) is 12.3 Å². The van der Waals surface area contributed by atoms with Gasteiger partial charge >= 0.3 is 11.8 Å². The van der Waals surface area contributed by atoms with Crippen molar-refractivity contribution in [3.8, 4) is 6.01 Å². The van der Waals surface area contributed by atoms with Gasteiger partial charge in [0.2, 0.25) is 0 Å². The number of nitrogens with zero attached hydrogens (tertiary/aromatic N) is 5. The maximum absolute atomic E-state index is 10.3. The Morgan fingerprint density at radius 3 is 2.87 bits per heavy atom. The van der Waals surface area contributed by atoms with Gasteiger partial charge in [0.15, 0.2) is 0 Å². The van der Waals surface area contributed by atoms with E-state index in [4.69, 9.17) is 21.3 Å². The maximum atomic E-state index is 10.3. The van der Waals surface area contributed by atoms with Crippen molar-refractivity contribution < 1.29 is 9.66 Å². The number of ether oxygens (including phenoxy) is 1. The average Bonchev–Trinajstić information content (AvgIpc) is 3.26. The molecule has 30 heavy (non-hydrogen) atoms. The largest absolute Gasteiger partial charge is 0.441 e. The van der Waals surface area contributed by atoms with Crippen LogP contribution in [0.4, 0.5) is 5.82 Å². The van der Waals surface area contributed by atoms with Crippen molar-refractivity contribution in [1.29, 1.82) is 0 Å². The summed E-state index contributed by atoms with van der Waals surface area (Å²) in [5, 5.41) is 10.3. The Hall–Kier alpha value is -2.36. The zero-order valence-corrected chi connectivity index (χ0v) is 18.7. The average molecular weight is 450 g/mol. The van der Waals surface area contributed by atoms with Crippen LogP contribution in [-0.4, -0.2) is 50.3 Å². The van der Waals surface area contributed by atoms with Crippen LogP contribution >= 0.6 is 23.4 Å². The molecule has 8 nitrogen and oxygen atoms in total. The Balaban J connectivity index is 0.000000184. The topological polar surface area (TPSA) is 86.3 Å². The molecular formula is C20H24ClN5O3S. The van der Waals surface area contributed by atoms with Crippen molar-refractivity contribution in [1.82, 2.24) is 19.4 Å². The van der Waals surface area contributed by atoms with Crippen LogP contribution in [0.1, 0.15) is 23.9 Å². The summed E-state index contributed by atoms with van der Waals surface area (Å²) in [6.45, 7) is 8.39.